The van der Waals surface area contributed by atoms with Gasteiger partial charge in [0, 0.05) is 18.2 Å². The van der Waals surface area contributed by atoms with Crippen LogP contribution in [0.2, 0.25) is 0 Å². The first-order chi connectivity index (χ1) is 9.54. The van der Waals surface area contributed by atoms with E-state index in [0.29, 0.717) is 30.2 Å². The Morgan fingerprint density at radius 2 is 2.00 bits per heavy atom. The molecule has 1 heterocycles. The molecular weight excluding hydrogens is 274 g/mol. The van der Waals surface area contributed by atoms with Crippen molar-refractivity contribution in [2.24, 2.45) is 0 Å². The molecule has 0 unspecified atom stereocenters. The van der Waals surface area contributed by atoms with Gasteiger partial charge in [0.15, 0.2) is 9.84 Å². The zero-order valence-electron chi connectivity index (χ0n) is 11.5. The van der Waals surface area contributed by atoms with Gasteiger partial charge in [0.25, 0.3) is 0 Å². The van der Waals surface area contributed by atoms with Crippen LogP contribution in [0.1, 0.15) is 23.1 Å². The van der Waals surface area contributed by atoms with E-state index in [0.717, 1.165) is 41.6 Å². The average Bonchev–Trinajstić information content (AvgIpc) is 3.00. The Kier molecular flexibility index (Phi) is 3.14. The number of benzene rings is 1. The van der Waals surface area contributed by atoms with Crippen LogP contribution >= 0.6 is 0 Å². The van der Waals surface area contributed by atoms with Crippen LogP contribution < -0.4 is 10.1 Å². The summed E-state index contributed by atoms with van der Waals surface area (Å²) in [5.74, 6) is 3.25. The van der Waals surface area contributed by atoms with Gasteiger partial charge in [0.05, 0.1) is 23.7 Å². The van der Waals surface area contributed by atoms with Gasteiger partial charge in [0.1, 0.15) is 5.75 Å². The molecule has 2 aliphatic rings. The predicted molar refractivity (Wildman–Crippen MR) is 78.1 cm³/mol. The summed E-state index contributed by atoms with van der Waals surface area (Å²) in [7, 11) is -3.24. The third kappa shape index (κ3) is 1.95. The van der Waals surface area contributed by atoms with Crippen LogP contribution in [0, 0.1) is 12.3 Å². The van der Waals surface area contributed by atoms with Gasteiger partial charge in [0.2, 0.25) is 0 Å². The Bertz CT molecular complexity index is 679. The lowest BCUT2D eigenvalue weighted by Crippen LogP contribution is -2.10. The maximum atomic E-state index is 12.2. The summed E-state index contributed by atoms with van der Waals surface area (Å²) in [4.78, 5) is 0.503. The number of anilines is 1. The van der Waals surface area contributed by atoms with E-state index in [4.69, 9.17) is 11.2 Å². The van der Waals surface area contributed by atoms with Gasteiger partial charge in [-0.3, -0.25) is 0 Å². The first-order valence-corrected chi connectivity index (χ1v) is 8.64. The van der Waals surface area contributed by atoms with Crippen LogP contribution in [0.25, 0.3) is 0 Å². The molecule has 1 N–H and O–H groups in total. The quantitative estimate of drug-likeness (QED) is 0.859. The minimum atomic E-state index is -3.24. The van der Waals surface area contributed by atoms with E-state index in [9.17, 15) is 8.42 Å². The molecule has 0 saturated carbocycles. The monoisotopic (exact) mass is 291 g/mol. The van der Waals surface area contributed by atoms with Crippen molar-refractivity contribution < 1.29 is 13.2 Å². The van der Waals surface area contributed by atoms with Crippen LogP contribution in [0.15, 0.2) is 4.90 Å². The van der Waals surface area contributed by atoms with Crippen molar-refractivity contribution in [3.63, 3.8) is 0 Å². The summed E-state index contributed by atoms with van der Waals surface area (Å²) in [5, 5.41) is 3.22. The molecule has 1 aliphatic heterocycles. The van der Waals surface area contributed by atoms with Gasteiger partial charge in [-0.1, -0.05) is 5.92 Å². The topological polar surface area (TPSA) is 55.4 Å². The lowest BCUT2D eigenvalue weighted by atomic mass is 10.0. The summed E-state index contributed by atoms with van der Waals surface area (Å²) in [5.41, 5.74) is 3.78. The van der Waals surface area contributed by atoms with Crippen molar-refractivity contribution in [2.45, 2.75) is 30.6 Å². The standard InChI is InChI=1S/C15H17NO3S/c1-3-8-16-13-10-5-4-6-11(10)15(20(2,17)18)12-7-9-19-14(12)13/h1,16H,4-9H2,2H3. The average molecular weight is 291 g/mol. The summed E-state index contributed by atoms with van der Waals surface area (Å²) < 4.78 is 30.0. The number of terminal acetylenes is 1. The Morgan fingerprint density at radius 3 is 2.70 bits per heavy atom. The van der Waals surface area contributed by atoms with E-state index in [2.05, 4.69) is 11.2 Å². The Morgan fingerprint density at radius 1 is 1.25 bits per heavy atom. The van der Waals surface area contributed by atoms with E-state index < -0.39 is 9.84 Å². The molecule has 1 aliphatic carbocycles. The number of hydrogen-bond donors (Lipinski definition) is 1. The molecule has 0 aromatic heterocycles. The van der Waals surface area contributed by atoms with Gasteiger partial charge >= 0.3 is 0 Å². The fourth-order valence-corrected chi connectivity index (χ4v) is 4.57. The SMILES string of the molecule is C#CCNc1c2c(c(S(C)(=O)=O)c3c1OCC3)CCC2. The lowest BCUT2D eigenvalue weighted by Gasteiger charge is -2.18. The molecule has 1 aromatic rings. The van der Waals surface area contributed by atoms with Gasteiger partial charge < -0.3 is 10.1 Å². The predicted octanol–water partition coefficient (Wildman–Crippen LogP) is 1.56. The van der Waals surface area contributed by atoms with Gasteiger partial charge in [-0.25, -0.2) is 8.42 Å². The molecule has 0 radical (unpaired) electrons. The summed E-state index contributed by atoms with van der Waals surface area (Å²) in [6, 6.07) is 0. The zero-order chi connectivity index (χ0) is 14.3. The zero-order valence-corrected chi connectivity index (χ0v) is 12.3. The number of nitrogens with one attached hydrogen (secondary N) is 1. The van der Waals surface area contributed by atoms with Gasteiger partial charge in [-0.15, -0.1) is 6.42 Å². The third-order valence-electron chi connectivity index (χ3n) is 3.91. The molecule has 20 heavy (non-hydrogen) atoms. The van der Waals surface area contributed by atoms with E-state index in [1.807, 2.05) is 0 Å². The number of fused-ring (bicyclic) bond motifs is 2. The smallest absolute Gasteiger partial charge is 0.176 e. The Hall–Kier alpha value is -1.67. The molecule has 106 valence electrons. The van der Waals surface area contributed by atoms with Crippen LogP contribution in [0.3, 0.4) is 0 Å². The van der Waals surface area contributed by atoms with Gasteiger partial charge in [-0.2, -0.15) is 0 Å². The van der Waals surface area contributed by atoms with Crippen LogP contribution in [0.4, 0.5) is 5.69 Å². The second-order valence-corrected chi connectivity index (χ2v) is 7.20. The number of ether oxygens (including phenoxy) is 1. The highest BCUT2D eigenvalue weighted by Crippen LogP contribution is 2.46. The molecule has 0 spiro atoms. The molecule has 0 fully saturated rings. The first kappa shape index (κ1) is 13.3. The summed E-state index contributed by atoms with van der Waals surface area (Å²) in [6.07, 6.45) is 9.92. The molecule has 0 amide bonds. The molecule has 5 heteroatoms. The second kappa shape index (κ2) is 4.71. The van der Waals surface area contributed by atoms with E-state index in [1.54, 1.807) is 0 Å². The van der Waals surface area contributed by atoms with Gasteiger partial charge in [-0.05, 0) is 30.4 Å². The van der Waals surface area contributed by atoms with Crippen molar-refractivity contribution >= 4 is 15.5 Å². The van der Waals surface area contributed by atoms with E-state index in [-0.39, 0.29) is 0 Å². The highest BCUT2D eigenvalue weighted by Gasteiger charge is 2.33. The van der Waals surface area contributed by atoms with Crippen LogP contribution in [0.5, 0.6) is 5.75 Å². The maximum Gasteiger partial charge on any atom is 0.176 e. The minimum Gasteiger partial charge on any atom is -0.491 e. The maximum absolute atomic E-state index is 12.2. The molecule has 3 rings (SSSR count). The first-order valence-electron chi connectivity index (χ1n) is 6.74. The molecule has 0 bridgehead atoms. The number of hydrogen-bond acceptors (Lipinski definition) is 4. The molecule has 0 atom stereocenters. The van der Waals surface area contributed by atoms with Crippen LogP contribution in [-0.4, -0.2) is 27.8 Å². The largest absolute Gasteiger partial charge is 0.491 e. The van der Waals surface area contributed by atoms with Crippen molar-refractivity contribution in [3.8, 4) is 18.1 Å². The Labute approximate surface area is 119 Å². The number of sulfone groups is 1. The van der Waals surface area contributed by atoms with E-state index in [1.165, 1.54) is 6.26 Å². The highest BCUT2D eigenvalue weighted by molar-refractivity contribution is 7.90. The highest BCUT2D eigenvalue weighted by atomic mass is 32.2. The second-order valence-electron chi connectivity index (χ2n) is 5.25. The molecule has 0 saturated heterocycles. The van der Waals surface area contributed by atoms with Crippen molar-refractivity contribution in [2.75, 3.05) is 24.7 Å². The number of rotatable bonds is 3. The fourth-order valence-electron chi connectivity index (χ4n) is 3.26. The summed E-state index contributed by atoms with van der Waals surface area (Å²) >= 11 is 0. The molecule has 1 aromatic carbocycles. The van der Waals surface area contributed by atoms with Crippen molar-refractivity contribution in [3.05, 3.63) is 16.7 Å². The fraction of sp³-hybridized carbons (Fsp3) is 0.467. The van der Waals surface area contributed by atoms with Crippen molar-refractivity contribution in [1.82, 2.24) is 0 Å². The van der Waals surface area contributed by atoms with E-state index >= 15 is 0 Å². The van der Waals surface area contributed by atoms with Crippen molar-refractivity contribution in [1.29, 1.82) is 0 Å². The Balaban J connectivity index is 2.29. The lowest BCUT2D eigenvalue weighted by molar-refractivity contribution is 0.358. The normalized spacial score (nSPS) is 16.2. The molecular formula is C15H17NO3S. The minimum absolute atomic E-state index is 0.417. The molecule has 4 nitrogen and oxygen atoms in total. The van der Waals surface area contributed by atoms with Crippen LogP contribution in [-0.2, 0) is 29.1 Å². The summed E-state index contributed by atoms with van der Waals surface area (Å²) in [6.45, 7) is 0.950. The third-order valence-corrected chi connectivity index (χ3v) is 5.14.